The third kappa shape index (κ3) is 2.66. The minimum absolute atomic E-state index is 0.104. The SMILES string of the molecule is CCN(CCO)C(=O)c1ccc[nH]c1=O. The van der Waals surface area contributed by atoms with E-state index in [-0.39, 0.29) is 24.6 Å². The number of carbonyl (C=O) groups is 1. The summed E-state index contributed by atoms with van der Waals surface area (Å²) >= 11 is 0. The maximum absolute atomic E-state index is 11.8. The molecule has 0 aliphatic rings. The van der Waals surface area contributed by atoms with Gasteiger partial charge in [0.25, 0.3) is 11.5 Å². The van der Waals surface area contributed by atoms with Crippen molar-refractivity contribution in [3.05, 3.63) is 34.2 Å². The smallest absolute Gasteiger partial charge is 0.260 e. The lowest BCUT2D eigenvalue weighted by Crippen LogP contribution is -2.36. The van der Waals surface area contributed by atoms with Crippen LogP contribution in [-0.2, 0) is 0 Å². The second-order valence-electron chi connectivity index (χ2n) is 3.02. The van der Waals surface area contributed by atoms with Crippen LogP contribution < -0.4 is 5.56 Å². The van der Waals surface area contributed by atoms with E-state index in [4.69, 9.17) is 5.11 Å². The number of rotatable bonds is 4. The summed E-state index contributed by atoms with van der Waals surface area (Å²) in [4.78, 5) is 27.0. The molecule has 5 heteroatoms. The van der Waals surface area contributed by atoms with Gasteiger partial charge in [-0.15, -0.1) is 0 Å². The van der Waals surface area contributed by atoms with E-state index in [1.54, 1.807) is 13.0 Å². The van der Waals surface area contributed by atoms with Gasteiger partial charge in [-0.1, -0.05) is 0 Å². The number of likely N-dealkylation sites (N-methyl/N-ethyl adjacent to an activating group) is 1. The quantitative estimate of drug-likeness (QED) is 0.724. The summed E-state index contributed by atoms with van der Waals surface area (Å²) in [6.45, 7) is 2.40. The zero-order valence-corrected chi connectivity index (χ0v) is 8.56. The van der Waals surface area contributed by atoms with Crippen LogP contribution in [0.15, 0.2) is 23.1 Å². The lowest BCUT2D eigenvalue weighted by Gasteiger charge is -2.18. The standard InChI is InChI=1S/C10H14N2O3/c1-2-12(6-7-13)10(15)8-4-3-5-11-9(8)14/h3-5,13H,2,6-7H2,1H3,(H,11,14). The summed E-state index contributed by atoms with van der Waals surface area (Å²) in [5.74, 6) is -0.353. The molecule has 15 heavy (non-hydrogen) atoms. The van der Waals surface area contributed by atoms with Gasteiger partial charge in [0.05, 0.1) is 6.61 Å². The van der Waals surface area contributed by atoms with Crippen molar-refractivity contribution in [2.75, 3.05) is 19.7 Å². The molecule has 0 spiro atoms. The number of aliphatic hydroxyl groups is 1. The van der Waals surface area contributed by atoms with Crippen molar-refractivity contribution in [1.29, 1.82) is 0 Å². The first-order valence-corrected chi connectivity index (χ1v) is 4.78. The highest BCUT2D eigenvalue weighted by Crippen LogP contribution is 1.98. The van der Waals surface area contributed by atoms with Crippen LogP contribution in [0.3, 0.4) is 0 Å². The highest BCUT2D eigenvalue weighted by Gasteiger charge is 2.15. The second kappa shape index (κ2) is 5.31. The molecule has 0 aromatic carbocycles. The Hall–Kier alpha value is -1.62. The normalized spacial score (nSPS) is 10.0. The molecule has 0 radical (unpaired) electrons. The van der Waals surface area contributed by atoms with Crippen molar-refractivity contribution < 1.29 is 9.90 Å². The zero-order valence-electron chi connectivity index (χ0n) is 8.56. The molecule has 5 nitrogen and oxygen atoms in total. The molecule has 0 saturated heterocycles. The van der Waals surface area contributed by atoms with Crippen molar-refractivity contribution >= 4 is 5.91 Å². The molecule has 0 unspecified atom stereocenters. The second-order valence-corrected chi connectivity index (χ2v) is 3.02. The zero-order chi connectivity index (χ0) is 11.3. The van der Waals surface area contributed by atoms with Gasteiger partial charge in [0.15, 0.2) is 0 Å². The fraction of sp³-hybridized carbons (Fsp3) is 0.400. The Bertz CT molecular complexity index is 386. The van der Waals surface area contributed by atoms with Crippen molar-refractivity contribution in [3.63, 3.8) is 0 Å². The summed E-state index contributed by atoms with van der Waals surface area (Å²) in [5, 5.41) is 8.75. The lowest BCUT2D eigenvalue weighted by molar-refractivity contribution is 0.0730. The average Bonchev–Trinajstić information content (AvgIpc) is 2.25. The molecule has 0 bridgehead atoms. The molecule has 1 heterocycles. The number of nitrogens with one attached hydrogen (secondary N) is 1. The van der Waals surface area contributed by atoms with Crippen molar-refractivity contribution in [2.24, 2.45) is 0 Å². The van der Waals surface area contributed by atoms with Gasteiger partial charge in [0, 0.05) is 19.3 Å². The van der Waals surface area contributed by atoms with E-state index in [1.165, 1.54) is 17.2 Å². The van der Waals surface area contributed by atoms with Gasteiger partial charge in [-0.2, -0.15) is 0 Å². The summed E-state index contributed by atoms with van der Waals surface area (Å²) in [7, 11) is 0. The van der Waals surface area contributed by atoms with Crippen molar-refractivity contribution in [1.82, 2.24) is 9.88 Å². The molecule has 2 N–H and O–H groups in total. The number of H-pyrrole nitrogens is 1. The van der Waals surface area contributed by atoms with Gasteiger partial charge in [-0.05, 0) is 19.1 Å². The third-order valence-corrected chi connectivity index (χ3v) is 2.09. The number of hydrogen-bond donors (Lipinski definition) is 2. The van der Waals surface area contributed by atoms with Crippen molar-refractivity contribution in [3.8, 4) is 0 Å². The fourth-order valence-corrected chi connectivity index (χ4v) is 1.28. The molecule has 0 atom stereocenters. The fourth-order valence-electron chi connectivity index (χ4n) is 1.28. The number of hydrogen-bond acceptors (Lipinski definition) is 3. The maximum Gasteiger partial charge on any atom is 0.260 e. The predicted molar refractivity (Wildman–Crippen MR) is 55.7 cm³/mol. The van der Waals surface area contributed by atoms with Gasteiger partial charge in [0.1, 0.15) is 5.56 Å². The highest BCUT2D eigenvalue weighted by atomic mass is 16.3. The monoisotopic (exact) mass is 210 g/mol. The van der Waals surface area contributed by atoms with E-state index in [9.17, 15) is 9.59 Å². The molecule has 1 aromatic rings. The minimum atomic E-state index is -0.404. The van der Waals surface area contributed by atoms with Gasteiger partial charge >= 0.3 is 0 Å². The first kappa shape index (κ1) is 11.5. The molecule has 1 aromatic heterocycles. The lowest BCUT2D eigenvalue weighted by atomic mass is 10.2. The van der Waals surface area contributed by atoms with E-state index in [0.29, 0.717) is 6.54 Å². The van der Waals surface area contributed by atoms with Crippen LogP contribution in [0.1, 0.15) is 17.3 Å². The molecule has 0 fully saturated rings. The third-order valence-electron chi connectivity index (χ3n) is 2.09. The van der Waals surface area contributed by atoms with E-state index >= 15 is 0 Å². The summed E-state index contributed by atoms with van der Waals surface area (Å²) < 4.78 is 0. The Morgan fingerprint density at radius 1 is 1.60 bits per heavy atom. The van der Waals surface area contributed by atoms with E-state index in [1.807, 2.05) is 0 Å². The molecule has 82 valence electrons. The number of aliphatic hydroxyl groups excluding tert-OH is 1. The Morgan fingerprint density at radius 2 is 2.33 bits per heavy atom. The molecule has 0 aliphatic carbocycles. The number of carbonyl (C=O) groups excluding carboxylic acids is 1. The van der Waals surface area contributed by atoms with Crippen LogP contribution in [-0.4, -0.2) is 40.6 Å². The van der Waals surface area contributed by atoms with Gasteiger partial charge in [0.2, 0.25) is 0 Å². The van der Waals surface area contributed by atoms with Crippen LogP contribution in [0.25, 0.3) is 0 Å². The van der Waals surface area contributed by atoms with E-state index in [0.717, 1.165) is 0 Å². The van der Waals surface area contributed by atoms with Crippen LogP contribution in [0.5, 0.6) is 0 Å². The number of aromatic amines is 1. The Labute approximate surface area is 87.4 Å². The Kier molecular flexibility index (Phi) is 4.05. The summed E-state index contributed by atoms with van der Waals surface area (Å²) in [5.41, 5.74) is -0.299. The van der Waals surface area contributed by atoms with E-state index < -0.39 is 5.56 Å². The van der Waals surface area contributed by atoms with Gasteiger partial charge in [-0.25, -0.2) is 0 Å². The largest absolute Gasteiger partial charge is 0.395 e. The van der Waals surface area contributed by atoms with Crippen LogP contribution in [0, 0.1) is 0 Å². The number of amides is 1. The first-order valence-electron chi connectivity index (χ1n) is 4.78. The molecular weight excluding hydrogens is 196 g/mol. The van der Waals surface area contributed by atoms with Gasteiger partial charge < -0.3 is 15.0 Å². The summed E-state index contributed by atoms with van der Waals surface area (Å²) in [6, 6.07) is 3.07. The van der Waals surface area contributed by atoms with Crippen molar-refractivity contribution in [2.45, 2.75) is 6.92 Å². The minimum Gasteiger partial charge on any atom is -0.395 e. The maximum atomic E-state index is 11.8. The average molecular weight is 210 g/mol. The van der Waals surface area contributed by atoms with Crippen LogP contribution >= 0.6 is 0 Å². The Balaban J connectivity index is 2.93. The molecular formula is C10H14N2O3. The molecule has 0 aliphatic heterocycles. The number of pyridine rings is 1. The predicted octanol–water partition coefficient (Wildman–Crippen LogP) is -0.171. The molecule has 1 rings (SSSR count). The Morgan fingerprint density at radius 3 is 2.87 bits per heavy atom. The van der Waals surface area contributed by atoms with Crippen LogP contribution in [0.4, 0.5) is 0 Å². The first-order chi connectivity index (χ1) is 7.20. The molecule has 0 saturated carbocycles. The highest BCUT2D eigenvalue weighted by molar-refractivity contribution is 5.93. The number of aromatic nitrogens is 1. The number of nitrogens with zero attached hydrogens (tertiary/aromatic N) is 1. The van der Waals surface area contributed by atoms with Gasteiger partial charge in [-0.3, -0.25) is 9.59 Å². The summed E-state index contributed by atoms with van der Waals surface area (Å²) in [6.07, 6.45) is 1.47. The van der Waals surface area contributed by atoms with Crippen LogP contribution in [0.2, 0.25) is 0 Å². The van der Waals surface area contributed by atoms with E-state index in [2.05, 4.69) is 4.98 Å². The topological polar surface area (TPSA) is 73.4 Å². The molecule has 1 amide bonds.